The Morgan fingerprint density at radius 3 is 2.20 bits per heavy atom. The van der Waals surface area contributed by atoms with Crippen molar-refractivity contribution < 1.29 is 22.3 Å². The van der Waals surface area contributed by atoms with Crippen LogP contribution < -0.4 is 10.5 Å². The van der Waals surface area contributed by atoms with Gasteiger partial charge in [0.15, 0.2) is 9.84 Å². The second kappa shape index (κ2) is 10.1. The molecule has 0 bridgehead atoms. The van der Waals surface area contributed by atoms with E-state index in [1.165, 1.54) is 24.3 Å². The topological polar surface area (TPSA) is 86.5 Å². The number of rotatable bonds is 8. The van der Waals surface area contributed by atoms with Crippen molar-refractivity contribution in [3.63, 3.8) is 0 Å². The molecule has 0 heterocycles. The van der Waals surface area contributed by atoms with Crippen LogP contribution in [0.3, 0.4) is 0 Å². The number of benzene rings is 4. The van der Waals surface area contributed by atoms with E-state index in [9.17, 15) is 17.6 Å². The predicted octanol–water partition coefficient (Wildman–Crippen LogP) is 5.70. The first-order chi connectivity index (χ1) is 16.8. The van der Waals surface area contributed by atoms with E-state index in [1.54, 1.807) is 43.3 Å². The van der Waals surface area contributed by atoms with Crippen molar-refractivity contribution in [3.8, 4) is 22.6 Å². The lowest BCUT2D eigenvalue weighted by atomic mass is 9.89. The normalized spacial score (nSPS) is 12.2. The zero-order chi connectivity index (χ0) is 25.0. The summed E-state index contributed by atoms with van der Waals surface area (Å²) in [5.74, 6) is -1.15. The van der Waals surface area contributed by atoms with E-state index in [2.05, 4.69) is 0 Å². The summed E-state index contributed by atoms with van der Waals surface area (Å²) in [6.07, 6.45) is 0. The number of hydrogen-bond acceptors (Lipinski definition) is 4. The Kier molecular flexibility index (Phi) is 6.98. The Balaban J connectivity index is 1.79. The minimum Gasteiger partial charge on any atom is -0.457 e. The molecule has 0 aromatic heterocycles. The zero-order valence-corrected chi connectivity index (χ0v) is 19.8. The molecule has 1 amide bonds. The monoisotopic (exact) mass is 489 g/mol. The fraction of sp³-hybridized carbons (Fsp3) is 0.107. The summed E-state index contributed by atoms with van der Waals surface area (Å²) in [6, 6.07) is 26.8. The molecule has 4 rings (SSSR count). The molecule has 1 unspecified atom stereocenters. The predicted molar refractivity (Wildman–Crippen MR) is 134 cm³/mol. The van der Waals surface area contributed by atoms with E-state index in [0.717, 1.165) is 11.1 Å². The number of halogens is 1. The number of sulfone groups is 1. The third-order valence-electron chi connectivity index (χ3n) is 5.68. The molecule has 7 heteroatoms. The maximum Gasteiger partial charge on any atom is 0.229 e. The first kappa shape index (κ1) is 24.2. The van der Waals surface area contributed by atoms with Crippen LogP contribution >= 0.6 is 0 Å². The van der Waals surface area contributed by atoms with E-state index in [1.807, 2.05) is 36.4 Å². The van der Waals surface area contributed by atoms with Gasteiger partial charge in [0.1, 0.15) is 17.3 Å². The lowest BCUT2D eigenvalue weighted by Gasteiger charge is -2.18. The van der Waals surface area contributed by atoms with Crippen LogP contribution in [0.15, 0.2) is 102 Å². The SMILES string of the molecule is CCS(=O)(=O)c1ccc(C(C(N)=O)c2ccc(-c3ccccc3)c(Oc3cccc(F)c3)c2)cc1. The number of carbonyl (C=O) groups is 1. The number of ether oxygens (including phenoxy) is 1. The van der Waals surface area contributed by atoms with Crippen molar-refractivity contribution in [3.05, 3.63) is 114 Å². The Morgan fingerprint density at radius 2 is 1.57 bits per heavy atom. The average molecular weight is 490 g/mol. The zero-order valence-electron chi connectivity index (χ0n) is 19.0. The van der Waals surface area contributed by atoms with Gasteiger partial charge in [-0.3, -0.25) is 4.79 Å². The highest BCUT2D eigenvalue weighted by Gasteiger charge is 2.23. The molecule has 2 N–H and O–H groups in total. The van der Waals surface area contributed by atoms with Crippen LogP contribution in [0, 0.1) is 5.82 Å². The van der Waals surface area contributed by atoms with Crippen molar-refractivity contribution in [1.82, 2.24) is 0 Å². The highest BCUT2D eigenvalue weighted by Crippen LogP contribution is 2.37. The Labute approximate surface area is 203 Å². The smallest absolute Gasteiger partial charge is 0.229 e. The molecule has 0 aliphatic rings. The van der Waals surface area contributed by atoms with E-state index in [-0.39, 0.29) is 10.6 Å². The van der Waals surface area contributed by atoms with Crippen molar-refractivity contribution in [2.45, 2.75) is 17.7 Å². The summed E-state index contributed by atoms with van der Waals surface area (Å²) >= 11 is 0. The molecule has 178 valence electrons. The van der Waals surface area contributed by atoms with Gasteiger partial charge in [0.05, 0.1) is 16.6 Å². The highest BCUT2D eigenvalue weighted by molar-refractivity contribution is 7.91. The molecular weight excluding hydrogens is 465 g/mol. The van der Waals surface area contributed by atoms with E-state index in [0.29, 0.717) is 22.6 Å². The lowest BCUT2D eigenvalue weighted by molar-refractivity contribution is -0.118. The summed E-state index contributed by atoms with van der Waals surface area (Å²) < 4.78 is 44.2. The van der Waals surface area contributed by atoms with Crippen LogP contribution in [0.5, 0.6) is 11.5 Å². The third-order valence-corrected chi connectivity index (χ3v) is 7.44. The molecular formula is C28H24FNO4S. The van der Waals surface area contributed by atoms with Gasteiger partial charge < -0.3 is 10.5 Å². The molecule has 0 saturated heterocycles. The number of nitrogens with two attached hydrogens (primary N) is 1. The van der Waals surface area contributed by atoms with Crippen LogP contribution in [-0.2, 0) is 14.6 Å². The molecule has 0 spiro atoms. The molecule has 1 atom stereocenters. The Bertz CT molecular complexity index is 1450. The van der Waals surface area contributed by atoms with Gasteiger partial charge in [0.25, 0.3) is 0 Å². The molecule has 0 aliphatic heterocycles. The summed E-state index contributed by atoms with van der Waals surface area (Å²) in [7, 11) is -3.37. The maximum atomic E-state index is 13.8. The van der Waals surface area contributed by atoms with Gasteiger partial charge in [0, 0.05) is 11.6 Å². The molecule has 0 saturated carbocycles. The number of primary amides is 1. The molecule has 0 fully saturated rings. The van der Waals surface area contributed by atoms with Gasteiger partial charge >= 0.3 is 0 Å². The second-order valence-electron chi connectivity index (χ2n) is 7.99. The first-order valence-electron chi connectivity index (χ1n) is 11.0. The quantitative estimate of drug-likeness (QED) is 0.344. The highest BCUT2D eigenvalue weighted by atomic mass is 32.2. The van der Waals surface area contributed by atoms with Gasteiger partial charge in [-0.05, 0) is 47.0 Å². The number of hydrogen-bond donors (Lipinski definition) is 1. The van der Waals surface area contributed by atoms with E-state index in [4.69, 9.17) is 10.5 Å². The van der Waals surface area contributed by atoms with Crippen molar-refractivity contribution in [2.75, 3.05) is 5.75 Å². The number of amides is 1. The largest absolute Gasteiger partial charge is 0.457 e. The third kappa shape index (κ3) is 5.41. The minimum atomic E-state index is -3.37. The summed E-state index contributed by atoms with van der Waals surface area (Å²) in [6.45, 7) is 1.57. The molecule has 0 radical (unpaired) electrons. The maximum absolute atomic E-state index is 13.8. The Morgan fingerprint density at radius 1 is 0.886 bits per heavy atom. The molecule has 4 aromatic carbocycles. The molecule has 5 nitrogen and oxygen atoms in total. The molecule has 0 aliphatic carbocycles. The van der Waals surface area contributed by atoms with E-state index >= 15 is 0 Å². The van der Waals surface area contributed by atoms with Gasteiger partial charge in [-0.2, -0.15) is 0 Å². The van der Waals surface area contributed by atoms with Crippen LogP contribution in [0.4, 0.5) is 4.39 Å². The fourth-order valence-corrected chi connectivity index (χ4v) is 4.76. The van der Waals surface area contributed by atoms with Gasteiger partial charge in [0.2, 0.25) is 5.91 Å². The van der Waals surface area contributed by atoms with Crippen molar-refractivity contribution in [2.24, 2.45) is 5.73 Å². The van der Waals surface area contributed by atoms with Crippen molar-refractivity contribution >= 4 is 15.7 Å². The van der Waals surface area contributed by atoms with Gasteiger partial charge in [-0.25, -0.2) is 12.8 Å². The molecule has 4 aromatic rings. The second-order valence-corrected chi connectivity index (χ2v) is 10.3. The minimum absolute atomic E-state index is 0.0205. The average Bonchev–Trinajstić information content (AvgIpc) is 2.85. The van der Waals surface area contributed by atoms with E-state index < -0.39 is 27.5 Å². The lowest BCUT2D eigenvalue weighted by Crippen LogP contribution is -2.22. The summed E-state index contributed by atoms with van der Waals surface area (Å²) in [4.78, 5) is 12.7. The van der Waals surface area contributed by atoms with Crippen molar-refractivity contribution in [1.29, 1.82) is 0 Å². The van der Waals surface area contributed by atoms with Crippen LogP contribution in [0.2, 0.25) is 0 Å². The number of carbonyl (C=O) groups excluding carboxylic acids is 1. The van der Waals surface area contributed by atoms with Gasteiger partial charge in [-0.15, -0.1) is 0 Å². The summed E-state index contributed by atoms with van der Waals surface area (Å²) in [5, 5.41) is 0. The van der Waals surface area contributed by atoms with Crippen LogP contribution in [0.25, 0.3) is 11.1 Å². The first-order valence-corrected chi connectivity index (χ1v) is 12.7. The molecule has 35 heavy (non-hydrogen) atoms. The fourth-order valence-electron chi connectivity index (χ4n) is 3.87. The summed E-state index contributed by atoms with van der Waals surface area (Å²) in [5.41, 5.74) is 8.53. The van der Waals surface area contributed by atoms with Gasteiger partial charge in [-0.1, -0.05) is 67.6 Å². The Hall–Kier alpha value is -3.97. The van der Waals surface area contributed by atoms with Crippen LogP contribution in [-0.4, -0.2) is 20.1 Å². The standard InChI is InChI=1S/C28H24FNO4S/c1-2-35(32,33)24-14-11-20(12-15-24)27(28(30)31)21-13-16-25(19-7-4-3-5-8-19)26(17-21)34-23-10-6-9-22(29)18-23/h3-18,27H,2H2,1H3,(H2,30,31). The van der Waals surface area contributed by atoms with Crippen LogP contribution in [0.1, 0.15) is 24.0 Å².